The van der Waals surface area contributed by atoms with Crippen LogP contribution >= 0.6 is 24.0 Å². The summed E-state index contributed by atoms with van der Waals surface area (Å²) in [6.07, 6.45) is 14.6. The molecule has 0 spiro atoms. The quantitative estimate of drug-likeness (QED) is 0.174. The molecule has 1 aliphatic carbocycles. The van der Waals surface area contributed by atoms with Crippen LogP contribution in [0.3, 0.4) is 0 Å². The minimum atomic E-state index is -0.701. The third-order valence-electron chi connectivity index (χ3n) is 7.67. The number of aliphatic carboxylic acids is 1. The van der Waals surface area contributed by atoms with Crippen LogP contribution in [0.15, 0.2) is 23.1 Å². The van der Waals surface area contributed by atoms with Crippen molar-refractivity contribution in [3.63, 3.8) is 0 Å². The molecule has 1 amide bonds. The Labute approximate surface area is 219 Å². The summed E-state index contributed by atoms with van der Waals surface area (Å²) in [6, 6.07) is 7.36. The van der Waals surface area contributed by atoms with Crippen LogP contribution in [0.25, 0.3) is 6.08 Å². The van der Waals surface area contributed by atoms with Crippen LogP contribution in [-0.4, -0.2) is 45.3 Å². The Morgan fingerprint density at radius 2 is 1.83 bits per heavy atom. The molecule has 1 saturated carbocycles. The van der Waals surface area contributed by atoms with Gasteiger partial charge in [-0.1, -0.05) is 75.0 Å². The van der Waals surface area contributed by atoms with Crippen molar-refractivity contribution in [1.82, 2.24) is 4.90 Å². The maximum absolute atomic E-state index is 13.0. The zero-order chi connectivity index (χ0) is 24.8. The van der Waals surface area contributed by atoms with Gasteiger partial charge in [0.1, 0.15) is 4.32 Å². The van der Waals surface area contributed by atoms with E-state index in [0.717, 1.165) is 62.0 Å². The van der Waals surface area contributed by atoms with E-state index in [4.69, 9.17) is 17.3 Å². The first kappa shape index (κ1) is 26.2. The van der Waals surface area contributed by atoms with Crippen molar-refractivity contribution in [2.24, 2.45) is 0 Å². The van der Waals surface area contributed by atoms with Gasteiger partial charge in [-0.3, -0.25) is 14.5 Å². The Bertz CT molecular complexity index is 977. The third kappa shape index (κ3) is 6.29. The Balaban J connectivity index is 1.24. The maximum atomic E-state index is 13.0. The average Bonchev–Trinajstić information content (AvgIpc) is 3.49. The number of carbonyl (C=O) groups excluding carboxylic acids is 1. The predicted molar refractivity (Wildman–Crippen MR) is 149 cm³/mol. The van der Waals surface area contributed by atoms with Gasteiger partial charge in [0.2, 0.25) is 0 Å². The normalized spacial score (nSPS) is 22.4. The lowest BCUT2D eigenvalue weighted by molar-refractivity contribution is -0.137. The zero-order valence-corrected chi connectivity index (χ0v) is 22.5. The van der Waals surface area contributed by atoms with Crippen LogP contribution in [0.5, 0.6) is 0 Å². The highest BCUT2D eigenvalue weighted by atomic mass is 32.2. The number of anilines is 1. The van der Waals surface area contributed by atoms with Crippen molar-refractivity contribution >= 4 is 51.9 Å². The van der Waals surface area contributed by atoms with E-state index in [0.29, 0.717) is 22.8 Å². The summed E-state index contributed by atoms with van der Waals surface area (Å²) >= 11 is 6.97. The van der Waals surface area contributed by atoms with E-state index in [1.54, 1.807) is 4.90 Å². The molecule has 2 aliphatic heterocycles. The van der Waals surface area contributed by atoms with Crippen LogP contribution in [0, 0.1) is 0 Å². The molecule has 0 radical (unpaired) electrons. The summed E-state index contributed by atoms with van der Waals surface area (Å²) < 4.78 is 0.675. The van der Waals surface area contributed by atoms with E-state index >= 15 is 0 Å². The number of hydrogen-bond donors (Lipinski definition) is 1. The van der Waals surface area contributed by atoms with Crippen LogP contribution < -0.4 is 4.90 Å². The molecule has 5 nitrogen and oxygen atoms in total. The second-order valence-electron chi connectivity index (χ2n) is 10.0. The minimum absolute atomic E-state index is 0.0489. The smallest absolute Gasteiger partial charge is 0.303 e. The molecule has 2 atom stereocenters. The SMILES string of the molecule is CCN1c2ccc(C=C3SC(=S)N(CCCCCCCCCCC(=O)O)C3=O)cc2C2CCCC21. The highest BCUT2D eigenvalue weighted by Crippen LogP contribution is 2.49. The van der Waals surface area contributed by atoms with E-state index < -0.39 is 5.97 Å². The number of unbranched alkanes of at least 4 members (excludes halogenated alkanes) is 7. The fourth-order valence-electron chi connectivity index (χ4n) is 5.93. The van der Waals surface area contributed by atoms with Crippen LogP contribution in [0.4, 0.5) is 5.69 Å². The molecule has 3 aliphatic rings. The van der Waals surface area contributed by atoms with Crippen molar-refractivity contribution in [1.29, 1.82) is 0 Å². The molecule has 190 valence electrons. The molecule has 1 aromatic rings. The molecule has 2 heterocycles. The number of rotatable bonds is 13. The van der Waals surface area contributed by atoms with Crippen molar-refractivity contribution in [2.45, 2.75) is 95.9 Å². The average molecular weight is 515 g/mol. The number of benzene rings is 1. The first-order valence-corrected chi connectivity index (χ1v) is 14.6. The van der Waals surface area contributed by atoms with Gasteiger partial charge in [-0.15, -0.1) is 0 Å². The van der Waals surface area contributed by atoms with Gasteiger partial charge in [0.15, 0.2) is 0 Å². The summed E-state index contributed by atoms with van der Waals surface area (Å²) in [5.41, 5.74) is 3.95. The molecule has 1 N–H and O–H groups in total. The third-order valence-corrected chi connectivity index (χ3v) is 9.05. The molecule has 35 heavy (non-hydrogen) atoms. The van der Waals surface area contributed by atoms with E-state index in [-0.39, 0.29) is 12.3 Å². The molecule has 1 aromatic carbocycles. The van der Waals surface area contributed by atoms with Gasteiger partial charge in [0.25, 0.3) is 5.91 Å². The predicted octanol–water partition coefficient (Wildman–Crippen LogP) is 6.96. The Morgan fingerprint density at radius 1 is 1.11 bits per heavy atom. The summed E-state index contributed by atoms with van der Waals surface area (Å²) in [5, 5.41) is 8.67. The van der Waals surface area contributed by atoms with Crippen LogP contribution in [0.2, 0.25) is 0 Å². The van der Waals surface area contributed by atoms with Crippen molar-refractivity contribution in [2.75, 3.05) is 18.0 Å². The molecular formula is C28H38N2O3S2. The van der Waals surface area contributed by atoms with Crippen molar-refractivity contribution < 1.29 is 14.7 Å². The van der Waals surface area contributed by atoms with E-state index in [1.807, 2.05) is 6.08 Å². The largest absolute Gasteiger partial charge is 0.481 e. The fraction of sp³-hybridized carbons (Fsp3) is 0.607. The molecule has 2 unspecified atom stereocenters. The number of hydrogen-bond acceptors (Lipinski definition) is 5. The molecule has 7 heteroatoms. The molecule has 2 fully saturated rings. The van der Waals surface area contributed by atoms with Gasteiger partial charge in [0.05, 0.1) is 4.91 Å². The second-order valence-corrected chi connectivity index (χ2v) is 11.7. The van der Waals surface area contributed by atoms with Gasteiger partial charge in [-0.05, 0) is 61.9 Å². The number of fused-ring (bicyclic) bond motifs is 3. The lowest BCUT2D eigenvalue weighted by atomic mass is 9.96. The lowest BCUT2D eigenvalue weighted by Gasteiger charge is -2.25. The topological polar surface area (TPSA) is 60.9 Å². The number of carbonyl (C=O) groups is 2. The number of carboxylic acid groups (broad SMARTS) is 1. The number of carboxylic acids is 1. The first-order valence-electron chi connectivity index (χ1n) is 13.4. The van der Waals surface area contributed by atoms with Crippen molar-refractivity contribution in [3.8, 4) is 0 Å². The Hall–Kier alpha value is -1.86. The van der Waals surface area contributed by atoms with Gasteiger partial charge in [-0.25, -0.2) is 0 Å². The second kappa shape index (κ2) is 12.4. The monoisotopic (exact) mass is 514 g/mol. The lowest BCUT2D eigenvalue weighted by Crippen LogP contribution is -2.30. The van der Waals surface area contributed by atoms with Gasteiger partial charge in [0, 0.05) is 37.2 Å². The summed E-state index contributed by atoms with van der Waals surface area (Å²) in [7, 11) is 0. The first-order chi connectivity index (χ1) is 17.0. The Kier molecular flexibility index (Phi) is 9.28. The number of thioether (sulfide) groups is 1. The van der Waals surface area contributed by atoms with Crippen molar-refractivity contribution in [3.05, 3.63) is 34.2 Å². The highest BCUT2D eigenvalue weighted by molar-refractivity contribution is 8.26. The molecule has 1 saturated heterocycles. The summed E-state index contributed by atoms with van der Waals surface area (Å²) in [6.45, 7) is 3.99. The minimum Gasteiger partial charge on any atom is -0.481 e. The molecule has 0 bridgehead atoms. The standard InChI is InChI=1S/C28H38N2O3S2/c1-2-29-23-13-11-12-21(23)22-18-20(15-16-24(22)29)19-25-27(33)30(28(34)35-25)17-10-8-6-4-3-5-7-9-14-26(31)32/h15-16,18-19,21,23H,2-14,17H2,1H3,(H,31,32). The van der Waals surface area contributed by atoms with Crippen LogP contribution in [-0.2, 0) is 9.59 Å². The van der Waals surface area contributed by atoms with E-state index in [9.17, 15) is 9.59 Å². The van der Waals surface area contributed by atoms with Crippen LogP contribution in [0.1, 0.15) is 101 Å². The van der Waals surface area contributed by atoms with E-state index in [1.165, 1.54) is 48.7 Å². The Morgan fingerprint density at radius 3 is 2.54 bits per heavy atom. The fourth-order valence-corrected chi connectivity index (χ4v) is 7.24. The number of amides is 1. The summed E-state index contributed by atoms with van der Waals surface area (Å²) in [5.74, 6) is -0.0150. The van der Waals surface area contributed by atoms with Gasteiger partial charge in [-0.2, -0.15) is 0 Å². The molecule has 0 aromatic heterocycles. The maximum Gasteiger partial charge on any atom is 0.303 e. The molecular weight excluding hydrogens is 476 g/mol. The zero-order valence-electron chi connectivity index (χ0n) is 20.8. The van der Waals surface area contributed by atoms with Gasteiger partial charge >= 0.3 is 5.97 Å². The molecule has 4 rings (SSSR count). The number of nitrogens with zero attached hydrogens (tertiary/aromatic N) is 2. The number of likely N-dealkylation sites (N-methyl/N-ethyl adjacent to an activating group) is 1. The number of thiocarbonyl (C=S) groups is 1. The highest BCUT2D eigenvalue weighted by Gasteiger charge is 2.40. The summed E-state index contributed by atoms with van der Waals surface area (Å²) in [4.78, 5) is 28.7. The van der Waals surface area contributed by atoms with E-state index in [2.05, 4.69) is 30.0 Å². The van der Waals surface area contributed by atoms with Gasteiger partial charge < -0.3 is 10.0 Å².